The number of amides is 4. The lowest BCUT2D eigenvalue weighted by molar-refractivity contribution is 0.0617. The summed E-state index contributed by atoms with van der Waals surface area (Å²) in [6.45, 7) is 9.89. The van der Waals surface area contributed by atoms with Crippen molar-refractivity contribution in [1.82, 2.24) is 45.5 Å². The minimum Gasteiger partial charge on any atom is -0.378 e. The van der Waals surface area contributed by atoms with E-state index in [1.807, 2.05) is 34.3 Å². The molecule has 66 heavy (non-hydrogen) atoms. The Morgan fingerprint density at radius 1 is 0.561 bits per heavy atom. The van der Waals surface area contributed by atoms with E-state index in [2.05, 4.69) is 147 Å². The minimum atomic E-state index is -0.133. The van der Waals surface area contributed by atoms with Crippen molar-refractivity contribution in [2.24, 2.45) is 0 Å². The average Bonchev–Trinajstić information content (AvgIpc) is 3.83. The van der Waals surface area contributed by atoms with E-state index in [0.717, 1.165) is 140 Å². The first-order valence-corrected chi connectivity index (χ1v) is 24.3. The molecule has 2 spiro atoms. The quantitative estimate of drug-likeness (QED) is 0.175. The molecule has 2 aromatic carbocycles. The monoisotopic (exact) mass is 898 g/mol. The number of carbonyl (C=O) groups is 2. The number of anilines is 2. The zero-order valence-corrected chi connectivity index (χ0v) is 39.7. The van der Waals surface area contributed by atoms with E-state index < -0.39 is 0 Å². The van der Waals surface area contributed by atoms with Gasteiger partial charge < -0.3 is 40.3 Å². The Labute approximate surface area is 392 Å². The number of pyridine rings is 2. The first-order chi connectivity index (χ1) is 32.0. The maximum atomic E-state index is 13.0. The summed E-state index contributed by atoms with van der Waals surface area (Å²) < 4.78 is 5.46. The lowest BCUT2D eigenvalue weighted by Crippen LogP contribution is -2.54. The van der Waals surface area contributed by atoms with Gasteiger partial charge in [-0.2, -0.15) is 0 Å². The summed E-state index contributed by atoms with van der Waals surface area (Å²) in [4.78, 5) is 48.3. The van der Waals surface area contributed by atoms with Gasteiger partial charge >= 0.3 is 12.1 Å². The summed E-state index contributed by atoms with van der Waals surface area (Å²) in [6, 6.07) is 30.1. The van der Waals surface area contributed by atoms with Crippen LogP contribution in [0.25, 0.3) is 0 Å². The molecule has 10 rings (SSSR count). The van der Waals surface area contributed by atoms with Gasteiger partial charge in [-0.25, -0.2) is 19.6 Å². The molecule has 0 unspecified atom stereocenters. The third-order valence-electron chi connectivity index (χ3n) is 15.9. The van der Waals surface area contributed by atoms with Gasteiger partial charge in [-0.15, -0.1) is 0 Å². The number of hydrogen-bond donors (Lipinski definition) is 3. The van der Waals surface area contributed by atoms with Gasteiger partial charge in [0.05, 0.1) is 24.3 Å². The zero-order chi connectivity index (χ0) is 45.8. The van der Waals surface area contributed by atoms with Crippen LogP contribution in [0.3, 0.4) is 0 Å². The topological polar surface area (TPSA) is 125 Å². The lowest BCUT2D eigenvalue weighted by Gasteiger charge is -2.48. The summed E-state index contributed by atoms with van der Waals surface area (Å²) in [5.74, 6) is 1.99. The summed E-state index contributed by atoms with van der Waals surface area (Å²) in [5.41, 5.74) is 4.83. The van der Waals surface area contributed by atoms with Gasteiger partial charge in [0.25, 0.3) is 0 Å². The molecule has 6 fully saturated rings. The molecule has 352 valence electrons. The van der Waals surface area contributed by atoms with Crippen molar-refractivity contribution < 1.29 is 14.3 Å². The van der Waals surface area contributed by atoms with Gasteiger partial charge in [0.15, 0.2) is 0 Å². The smallest absolute Gasteiger partial charge is 0.318 e. The van der Waals surface area contributed by atoms with Crippen LogP contribution in [0.1, 0.15) is 73.6 Å². The molecule has 2 aromatic heterocycles. The molecule has 0 radical (unpaired) electrons. The second-order valence-electron chi connectivity index (χ2n) is 20.1. The molecule has 0 bridgehead atoms. The number of benzene rings is 2. The number of piperazine rings is 1. The van der Waals surface area contributed by atoms with Crippen LogP contribution in [0.4, 0.5) is 21.2 Å². The first kappa shape index (κ1) is 45.9. The minimum absolute atomic E-state index is 0.0306. The second-order valence-corrected chi connectivity index (χ2v) is 20.1. The van der Waals surface area contributed by atoms with Crippen LogP contribution in [0.5, 0.6) is 0 Å². The number of ether oxygens (including phenoxy) is 1. The van der Waals surface area contributed by atoms with Gasteiger partial charge in [0.2, 0.25) is 0 Å². The normalized spacial score (nSPS) is 27.9. The van der Waals surface area contributed by atoms with E-state index in [9.17, 15) is 9.59 Å². The molecule has 4 saturated heterocycles. The molecular weight excluding hydrogens is 827 g/mol. The summed E-state index contributed by atoms with van der Waals surface area (Å²) >= 11 is 0. The summed E-state index contributed by atoms with van der Waals surface area (Å²) in [5, 5.41) is 10.1. The van der Waals surface area contributed by atoms with Crippen LogP contribution in [0.2, 0.25) is 0 Å². The number of aromatic nitrogens is 2. The molecule has 0 atom stereocenters. The van der Waals surface area contributed by atoms with Crippen LogP contribution in [-0.2, 0) is 28.9 Å². The SMILES string of the molecule is CN(C)C1(c2ccccc2)CCC2(CC1)CN(Cc1ccnc(N3CCNCC3)c1)C(=O)N2.CN(C)C1(c2ccccc2)CCC2(CC1)CN(Cc1ccnc(N3CCOCC3)c1)C(=O)N2. The molecule has 14 heteroatoms. The molecule has 14 nitrogen and oxygen atoms in total. The molecule has 4 amide bonds. The Hall–Kier alpha value is -5.28. The van der Waals surface area contributed by atoms with Gasteiger partial charge in [0, 0.05) is 88.9 Å². The average molecular weight is 898 g/mol. The Bertz CT molecular complexity index is 2090. The van der Waals surface area contributed by atoms with E-state index >= 15 is 0 Å². The van der Waals surface area contributed by atoms with E-state index in [0.29, 0.717) is 13.1 Å². The maximum absolute atomic E-state index is 13.0. The summed E-state index contributed by atoms with van der Waals surface area (Å²) in [7, 11) is 8.73. The number of morpholine rings is 1. The Balaban J connectivity index is 0.000000166. The number of nitrogens with zero attached hydrogens (tertiary/aromatic N) is 8. The van der Waals surface area contributed by atoms with Crippen molar-refractivity contribution in [2.45, 2.75) is 86.6 Å². The molecule has 4 aliphatic heterocycles. The van der Waals surface area contributed by atoms with Crippen molar-refractivity contribution in [3.05, 3.63) is 120 Å². The molecular formula is C52H71N11O3. The highest BCUT2D eigenvalue weighted by molar-refractivity contribution is 5.78. The molecule has 4 aromatic rings. The van der Waals surface area contributed by atoms with Crippen LogP contribution in [-0.4, -0.2) is 146 Å². The maximum Gasteiger partial charge on any atom is 0.318 e. The van der Waals surface area contributed by atoms with Gasteiger partial charge in [-0.3, -0.25) is 9.80 Å². The van der Waals surface area contributed by atoms with Gasteiger partial charge in [0.1, 0.15) is 11.6 Å². The van der Waals surface area contributed by atoms with E-state index in [-0.39, 0.29) is 34.2 Å². The highest BCUT2D eigenvalue weighted by Gasteiger charge is 2.51. The van der Waals surface area contributed by atoms with Crippen molar-refractivity contribution in [3.63, 3.8) is 0 Å². The van der Waals surface area contributed by atoms with Gasteiger partial charge in [-0.05, 0) is 126 Å². The zero-order valence-electron chi connectivity index (χ0n) is 39.7. The number of nitrogens with one attached hydrogen (secondary N) is 3. The molecule has 2 saturated carbocycles. The number of carbonyl (C=O) groups excluding carboxylic acids is 2. The molecule has 2 aliphatic carbocycles. The number of rotatable bonds is 10. The second kappa shape index (κ2) is 19.5. The third kappa shape index (κ3) is 9.60. The number of hydrogen-bond acceptors (Lipinski definition) is 10. The largest absolute Gasteiger partial charge is 0.378 e. The van der Waals surface area contributed by atoms with Gasteiger partial charge in [-0.1, -0.05) is 60.7 Å². The van der Waals surface area contributed by atoms with E-state index in [1.54, 1.807) is 0 Å². The van der Waals surface area contributed by atoms with E-state index in [4.69, 9.17) is 4.74 Å². The predicted molar refractivity (Wildman–Crippen MR) is 260 cm³/mol. The third-order valence-corrected chi connectivity index (χ3v) is 15.9. The Morgan fingerprint density at radius 2 is 0.970 bits per heavy atom. The fourth-order valence-electron chi connectivity index (χ4n) is 11.7. The fourth-order valence-corrected chi connectivity index (χ4v) is 11.7. The van der Waals surface area contributed by atoms with Crippen molar-refractivity contribution in [2.75, 3.05) is 104 Å². The van der Waals surface area contributed by atoms with Crippen molar-refractivity contribution in [3.8, 4) is 0 Å². The highest BCUT2D eigenvalue weighted by atomic mass is 16.5. The van der Waals surface area contributed by atoms with Crippen LogP contribution in [0.15, 0.2) is 97.3 Å². The molecule has 6 heterocycles. The Kier molecular flexibility index (Phi) is 13.6. The van der Waals surface area contributed by atoms with Crippen LogP contribution in [0, 0.1) is 0 Å². The molecule has 6 aliphatic rings. The standard InChI is InChI=1S/C26H36N6O.C26H35N5O2/c1-30(2)26(22-6-4-3-5-7-22)11-9-25(10-12-26)20-32(24(33)29-25)19-21-8-13-28-23(18-21)31-16-14-27-15-17-31;1-29(2)26(22-6-4-3-5-7-22)11-9-25(10-12-26)20-31(24(32)28-25)19-21-8-13-27-23(18-21)30-14-16-33-17-15-30/h3-8,13,18,27H,9-12,14-17,19-20H2,1-2H3,(H,29,33);3-8,13,18H,9-12,14-17,19-20H2,1-2H3,(H,28,32). The fraction of sp³-hybridized carbons (Fsp3) is 0.538. The predicted octanol–water partition coefficient (Wildman–Crippen LogP) is 6.00. The first-order valence-electron chi connectivity index (χ1n) is 24.3. The summed E-state index contributed by atoms with van der Waals surface area (Å²) in [6.07, 6.45) is 11.8. The Morgan fingerprint density at radius 3 is 1.38 bits per heavy atom. The van der Waals surface area contributed by atoms with Crippen LogP contribution >= 0.6 is 0 Å². The highest BCUT2D eigenvalue weighted by Crippen LogP contribution is 2.47. The number of urea groups is 2. The van der Waals surface area contributed by atoms with E-state index in [1.165, 1.54) is 11.1 Å². The van der Waals surface area contributed by atoms with Crippen LogP contribution < -0.4 is 25.8 Å². The van der Waals surface area contributed by atoms with Crippen molar-refractivity contribution in [1.29, 1.82) is 0 Å². The molecule has 3 N–H and O–H groups in total. The lowest BCUT2D eigenvalue weighted by atomic mass is 9.69. The van der Waals surface area contributed by atoms with Crippen molar-refractivity contribution >= 4 is 23.7 Å².